The van der Waals surface area contributed by atoms with Crippen molar-refractivity contribution in [3.8, 4) is 0 Å². The monoisotopic (exact) mass is 470 g/mol. The summed E-state index contributed by atoms with van der Waals surface area (Å²) in [6.07, 6.45) is 14.2. The third kappa shape index (κ3) is 3.26. The second kappa shape index (κ2) is 8.07. The van der Waals surface area contributed by atoms with Gasteiger partial charge in [0.1, 0.15) is 6.10 Å². The van der Waals surface area contributed by atoms with Gasteiger partial charge in [0.15, 0.2) is 5.79 Å². The van der Waals surface area contributed by atoms with Crippen molar-refractivity contribution < 1.29 is 19.0 Å². The Kier molecular flexibility index (Phi) is 5.58. The SMILES string of the molecule is CCC(=O)OC1CC[C@]2(C)C3=CC[C@@]4(C)C(CC5O[C@]6(CCC(C)CO6)[C@@H](C)C54)C3CC[C@H]2C1. The van der Waals surface area contributed by atoms with Gasteiger partial charge in [-0.25, -0.2) is 0 Å². The fraction of sp³-hybridized carbons (Fsp3) is 0.900. The second-order valence-corrected chi connectivity index (χ2v) is 13.5. The Morgan fingerprint density at radius 2 is 1.94 bits per heavy atom. The van der Waals surface area contributed by atoms with Crippen molar-refractivity contribution in [2.24, 2.45) is 46.3 Å². The van der Waals surface area contributed by atoms with Crippen LogP contribution < -0.4 is 0 Å². The minimum atomic E-state index is -0.322. The van der Waals surface area contributed by atoms with E-state index in [4.69, 9.17) is 14.2 Å². The third-order valence-electron chi connectivity index (χ3n) is 11.8. The molecule has 0 aromatic heterocycles. The molecule has 0 amide bonds. The van der Waals surface area contributed by atoms with Gasteiger partial charge < -0.3 is 14.2 Å². The Labute approximate surface area is 206 Å². The zero-order valence-electron chi connectivity index (χ0n) is 22.1. The summed E-state index contributed by atoms with van der Waals surface area (Å²) in [5, 5.41) is 0. The van der Waals surface area contributed by atoms with E-state index in [0.29, 0.717) is 47.5 Å². The highest BCUT2D eigenvalue weighted by Gasteiger charge is 2.67. The van der Waals surface area contributed by atoms with E-state index in [-0.39, 0.29) is 23.3 Å². The zero-order valence-corrected chi connectivity index (χ0v) is 22.1. The summed E-state index contributed by atoms with van der Waals surface area (Å²) < 4.78 is 19.2. The molecule has 4 aliphatic carbocycles. The van der Waals surface area contributed by atoms with Crippen LogP contribution in [0.4, 0.5) is 0 Å². The largest absolute Gasteiger partial charge is 0.462 e. The molecule has 190 valence electrons. The molecule has 1 spiro atoms. The molecule has 5 fully saturated rings. The Bertz CT molecular complexity index is 856. The lowest BCUT2D eigenvalue weighted by atomic mass is 9.48. The zero-order chi connectivity index (χ0) is 23.9. The average Bonchev–Trinajstić information content (AvgIpc) is 3.26. The van der Waals surface area contributed by atoms with E-state index in [9.17, 15) is 4.79 Å². The predicted octanol–water partition coefficient (Wildman–Crippen LogP) is 6.67. The van der Waals surface area contributed by atoms with Crippen molar-refractivity contribution in [3.63, 3.8) is 0 Å². The lowest BCUT2D eigenvalue weighted by Crippen LogP contribution is -2.51. The fourth-order valence-corrected chi connectivity index (χ4v) is 9.88. The number of fused-ring (bicyclic) bond motifs is 7. The highest BCUT2D eigenvalue weighted by atomic mass is 16.7. The van der Waals surface area contributed by atoms with Gasteiger partial charge in [-0.15, -0.1) is 0 Å². The molecule has 4 nitrogen and oxygen atoms in total. The number of esters is 1. The van der Waals surface area contributed by atoms with Crippen LogP contribution in [0, 0.1) is 46.3 Å². The summed E-state index contributed by atoms with van der Waals surface area (Å²) in [6, 6.07) is 0. The molecule has 11 atom stereocenters. The van der Waals surface area contributed by atoms with Crippen LogP contribution in [0.5, 0.6) is 0 Å². The molecular weight excluding hydrogens is 424 g/mol. The minimum Gasteiger partial charge on any atom is -0.462 e. The van der Waals surface area contributed by atoms with Gasteiger partial charge in [0.25, 0.3) is 0 Å². The van der Waals surface area contributed by atoms with Gasteiger partial charge in [0, 0.05) is 18.8 Å². The minimum absolute atomic E-state index is 0.0317. The maximum absolute atomic E-state index is 11.9. The number of carbonyl (C=O) groups excluding carboxylic acids is 1. The summed E-state index contributed by atoms with van der Waals surface area (Å²) in [4.78, 5) is 11.9. The van der Waals surface area contributed by atoms with Crippen molar-refractivity contribution in [3.05, 3.63) is 11.6 Å². The first-order valence-electron chi connectivity index (χ1n) is 14.4. The highest BCUT2D eigenvalue weighted by molar-refractivity contribution is 5.69. The van der Waals surface area contributed by atoms with Crippen LogP contribution in [0.3, 0.4) is 0 Å². The molecule has 2 aliphatic heterocycles. The molecule has 6 unspecified atom stereocenters. The lowest BCUT2D eigenvalue weighted by Gasteiger charge is -2.57. The number of hydrogen-bond acceptors (Lipinski definition) is 4. The van der Waals surface area contributed by atoms with Crippen molar-refractivity contribution in [1.29, 1.82) is 0 Å². The maximum atomic E-state index is 11.9. The molecule has 2 saturated heterocycles. The summed E-state index contributed by atoms with van der Waals surface area (Å²) in [5.74, 6) is 3.48. The molecule has 6 aliphatic rings. The number of hydrogen-bond donors (Lipinski definition) is 0. The first kappa shape index (κ1) is 23.5. The molecule has 34 heavy (non-hydrogen) atoms. The first-order valence-corrected chi connectivity index (χ1v) is 14.4. The molecule has 6 rings (SSSR count). The van der Waals surface area contributed by atoms with Gasteiger partial charge in [-0.2, -0.15) is 0 Å². The Hall–Kier alpha value is -0.870. The molecule has 3 saturated carbocycles. The van der Waals surface area contributed by atoms with Crippen LogP contribution in [0.25, 0.3) is 0 Å². The van der Waals surface area contributed by atoms with Gasteiger partial charge >= 0.3 is 5.97 Å². The number of ether oxygens (including phenoxy) is 3. The van der Waals surface area contributed by atoms with E-state index in [0.717, 1.165) is 31.8 Å². The third-order valence-corrected chi connectivity index (χ3v) is 11.8. The summed E-state index contributed by atoms with van der Waals surface area (Å²) >= 11 is 0. The number of rotatable bonds is 2. The quantitative estimate of drug-likeness (QED) is 0.334. The van der Waals surface area contributed by atoms with E-state index in [1.165, 1.54) is 38.5 Å². The maximum Gasteiger partial charge on any atom is 0.305 e. The van der Waals surface area contributed by atoms with E-state index in [1.807, 2.05) is 6.92 Å². The van der Waals surface area contributed by atoms with Crippen molar-refractivity contribution in [2.75, 3.05) is 6.61 Å². The van der Waals surface area contributed by atoms with Gasteiger partial charge in [0.05, 0.1) is 12.7 Å². The van der Waals surface area contributed by atoms with Crippen LogP contribution in [0.1, 0.15) is 98.8 Å². The van der Waals surface area contributed by atoms with E-state index in [1.54, 1.807) is 5.57 Å². The van der Waals surface area contributed by atoms with Gasteiger partial charge in [-0.05, 0) is 91.8 Å². The normalized spacial score (nSPS) is 54.0. The smallest absolute Gasteiger partial charge is 0.305 e. The fourth-order valence-electron chi connectivity index (χ4n) is 9.88. The van der Waals surface area contributed by atoms with Crippen LogP contribution in [0.2, 0.25) is 0 Å². The molecular formula is C30H46O4. The molecule has 0 aromatic rings. The van der Waals surface area contributed by atoms with Gasteiger partial charge in [-0.3, -0.25) is 4.79 Å². The Morgan fingerprint density at radius 1 is 1.12 bits per heavy atom. The van der Waals surface area contributed by atoms with Crippen LogP contribution in [0.15, 0.2) is 11.6 Å². The first-order chi connectivity index (χ1) is 16.2. The van der Waals surface area contributed by atoms with E-state index >= 15 is 0 Å². The predicted molar refractivity (Wildman–Crippen MR) is 132 cm³/mol. The Balaban J connectivity index is 1.23. The summed E-state index contributed by atoms with van der Waals surface area (Å²) in [7, 11) is 0. The Morgan fingerprint density at radius 3 is 2.68 bits per heavy atom. The van der Waals surface area contributed by atoms with Crippen molar-refractivity contribution in [2.45, 2.75) is 117 Å². The molecule has 2 heterocycles. The average molecular weight is 471 g/mol. The molecule has 0 N–H and O–H groups in total. The lowest BCUT2D eigenvalue weighted by molar-refractivity contribution is -0.272. The van der Waals surface area contributed by atoms with Gasteiger partial charge in [0.2, 0.25) is 0 Å². The summed E-state index contributed by atoms with van der Waals surface area (Å²) in [5.41, 5.74) is 2.37. The molecule has 4 heteroatoms. The van der Waals surface area contributed by atoms with E-state index < -0.39 is 0 Å². The van der Waals surface area contributed by atoms with Crippen LogP contribution in [-0.2, 0) is 19.0 Å². The summed E-state index contributed by atoms with van der Waals surface area (Å²) in [6.45, 7) is 12.6. The van der Waals surface area contributed by atoms with Gasteiger partial charge in [-0.1, -0.05) is 46.3 Å². The van der Waals surface area contributed by atoms with E-state index in [2.05, 4.69) is 33.8 Å². The van der Waals surface area contributed by atoms with Crippen molar-refractivity contribution in [1.82, 2.24) is 0 Å². The number of allylic oxidation sites excluding steroid dienone is 2. The highest BCUT2D eigenvalue weighted by Crippen LogP contribution is 2.69. The molecule has 0 radical (unpaired) electrons. The standard InChI is InChI=1S/C30H46O4/c1-6-26(31)33-21-10-12-28(4)20(15-21)7-8-22-23(28)11-13-29(5)24(22)16-25-27(29)19(3)30(34-25)14-9-18(2)17-32-30/h11,18-22,24-25,27H,6-10,12-17H2,1-5H3/t18?,19-,20-,21?,22?,24?,25?,27?,28-,29-,30+/m0/s1. The van der Waals surface area contributed by atoms with Crippen molar-refractivity contribution >= 4 is 5.97 Å². The topological polar surface area (TPSA) is 44.8 Å². The molecule has 0 aromatic carbocycles. The number of carbonyl (C=O) groups is 1. The van der Waals surface area contributed by atoms with Crippen LogP contribution >= 0.6 is 0 Å². The second-order valence-electron chi connectivity index (χ2n) is 13.5. The van der Waals surface area contributed by atoms with Crippen LogP contribution in [-0.4, -0.2) is 30.6 Å². The molecule has 0 bridgehead atoms.